The highest BCUT2D eigenvalue weighted by atomic mass is 19.1. The molecule has 0 spiro atoms. The minimum Gasteiger partial charge on any atom is -0.493 e. The van der Waals surface area contributed by atoms with Crippen molar-refractivity contribution < 1.29 is 18.7 Å². The van der Waals surface area contributed by atoms with Gasteiger partial charge in [0.25, 0.3) is 5.91 Å². The maximum absolute atomic E-state index is 12.9. The molecule has 0 unspecified atom stereocenters. The zero-order valence-electron chi connectivity index (χ0n) is 14.7. The Morgan fingerprint density at radius 3 is 2.19 bits per heavy atom. The molecule has 138 valence electrons. The fraction of sp³-hybridized carbons (Fsp3) is 0.105. The van der Waals surface area contributed by atoms with E-state index < -0.39 is 11.7 Å². The largest absolute Gasteiger partial charge is 0.493 e. The average Bonchev–Trinajstić information content (AvgIpc) is 2.69. The van der Waals surface area contributed by atoms with Gasteiger partial charge in [0.1, 0.15) is 5.82 Å². The molecule has 0 bridgehead atoms. The number of aromatic nitrogens is 2. The Bertz CT molecular complexity index is 931. The van der Waals surface area contributed by atoms with E-state index in [9.17, 15) is 9.18 Å². The Morgan fingerprint density at radius 1 is 0.889 bits per heavy atom. The van der Waals surface area contributed by atoms with Crippen LogP contribution in [0.3, 0.4) is 0 Å². The Balaban J connectivity index is 1.66. The first-order chi connectivity index (χ1) is 13.1. The second kappa shape index (κ2) is 8.13. The van der Waals surface area contributed by atoms with Crippen molar-refractivity contribution in [2.75, 3.05) is 24.9 Å². The number of hydrogen-bond acceptors (Lipinski definition) is 6. The summed E-state index contributed by atoms with van der Waals surface area (Å²) in [6, 6.07) is 13.9. The monoisotopic (exact) mass is 368 g/mol. The van der Waals surface area contributed by atoms with Crippen LogP contribution in [-0.2, 0) is 0 Å². The summed E-state index contributed by atoms with van der Waals surface area (Å²) in [5.41, 5.74) is 1.07. The molecule has 0 aliphatic heterocycles. The molecular formula is C19H17FN4O3. The van der Waals surface area contributed by atoms with Crippen LogP contribution in [0, 0.1) is 5.82 Å². The summed E-state index contributed by atoms with van der Waals surface area (Å²) in [4.78, 5) is 12.1. The van der Waals surface area contributed by atoms with Crippen LogP contribution in [0.1, 0.15) is 10.4 Å². The van der Waals surface area contributed by atoms with Gasteiger partial charge in [0.05, 0.1) is 14.2 Å². The maximum atomic E-state index is 12.9. The molecule has 2 aromatic carbocycles. The lowest BCUT2D eigenvalue weighted by atomic mass is 10.2. The number of amides is 1. The molecule has 0 saturated carbocycles. The Morgan fingerprint density at radius 2 is 1.56 bits per heavy atom. The molecule has 0 aliphatic rings. The Hall–Kier alpha value is -3.68. The van der Waals surface area contributed by atoms with Crippen molar-refractivity contribution in [1.29, 1.82) is 0 Å². The average molecular weight is 368 g/mol. The lowest BCUT2D eigenvalue weighted by molar-refractivity contribution is 0.102. The number of anilines is 3. The van der Waals surface area contributed by atoms with E-state index in [-0.39, 0.29) is 5.82 Å². The van der Waals surface area contributed by atoms with Gasteiger partial charge in [-0.05, 0) is 48.5 Å². The molecule has 1 amide bonds. The number of methoxy groups -OCH3 is 2. The molecule has 0 fully saturated rings. The quantitative estimate of drug-likeness (QED) is 0.691. The van der Waals surface area contributed by atoms with Gasteiger partial charge in [0.15, 0.2) is 23.1 Å². The number of carbonyl (C=O) groups excluding carboxylic acids is 1. The van der Waals surface area contributed by atoms with Crippen molar-refractivity contribution >= 4 is 23.2 Å². The summed E-state index contributed by atoms with van der Waals surface area (Å²) < 4.78 is 23.4. The molecule has 0 atom stereocenters. The molecule has 1 aromatic heterocycles. The van der Waals surface area contributed by atoms with Crippen molar-refractivity contribution in [2.24, 2.45) is 0 Å². The molecule has 27 heavy (non-hydrogen) atoms. The van der Waals surface area contributed by atoms with E-state index in [1.54, 1.807) is 38.5 Å². The second-order valence-electron chi connectivity index (χ2n) is 5.46. The highest BCUT2D eigenvalue weighted by Gasteiger charge is 2.08. The first kappa shape index (κ1) is 18.1. The lowest BCUT2D eigenvalue weighted by Crippen LogP contribution is -2.13. The van der Waals surface area contributed by atoms with Crippen molar-refractivity contribution in [2.45, 2.75) is 0 Å². The van der Waals surface area contributed by atoms with Gasteiger partial charge in [-0.2, -0.15) is 0 Å². The van der Waals surface area contributed by atoms with Crippen LogP contribution < -0.4 is 20.1 Å². The van der Waals surface area contributed by atoms with E-state index in [4.69, 9.17) is 9.47 Å². The lowest BCUT2D eigenvalue weighted by Gasteiger charge is -2.11. The third-order valence-electron chi connectivity index (χ3n) is 3.67. The van der Waals surface area contributed by atoms with Crippen LogP contribution in [0.25, 0.3) is 0 Å². The summed E-state index contributed by atoms with van der Waals surface area (Å²) in [6.07, 6.45) is 0. The normalized spacial score (nSPS) is 10.2. The van der Waals surface area contributed by atoms with Crippen molar-refractivity contribution in [3.8, 4) is 11.5 Å². The van der Waals surface area contributed by atoms with Crippen LogP contribution in [0.15, 0.2) is 54.6 Å². The number of ether oxygens (including phenoxy) is 2. The molecule has 0 saturated heterocycles. The zero-order chi connectivity index (χ0) is 19.2. The van der Waals surface area contributed by atoms with Gasteiger partial charge in [-0.25, -0.2) is 4.39 Å². The fourth-order valence-electron chi connectivity index (χ4n) is 2.32. The SMILES string of the molecule is COc1ccc(Nc2ccc(NC(=O)c3ccc(F)cc3)nn2)cc1OC. The minimum absolute atomic E-state index is 0.280. The highest BCUT2D eigenvalue weighted by molar-refractivity contribution is 6.03. The molecule has 7 nitrogen and oxygen atoms in total. The van der Waals surface area contributed by atoms with E-state index in [0.717, 1.165) is 5.69 Å². The van der Waals surface area contributed by atoms with Crippen LogP contribution in [0.2, 0.25) is 0 Å². The summed E-state index contributed by atoms with van der Waals surface area (Å²) in [5, 5.41) is 13.7. The summed E-state index contributed by atoms with van der Waals surface area (Å²) >= 11 is 0. The number of benzene rings is 2. The van der Waals surface area contributed by atoms with E-state index in [0.29, 0.717) is 22.9 Å². The molecule has 1 heterocycles. The van der Waals surface area contributed by atoms with Gasteiger partial charge < -0.3 is 20.1 Å². The van der Waals surface area contributed by atoms with Gasteiger partial charge >= 0.3 is 0 Å². The highest BCUT2D eigenvalue weighted by Crippen LogP contribution is 2.30. The summed E-state index contributed by atoms with van der Waals surface area (Å²) in [6.45, 7) is 0. The van der Waals surface area contributed by atoms with Crippen molar-refractivity contribution in [1.82, 2.24) is 10.2 Å². The van der Waals surface area contributed by atoms with Crippen LogP contribution in [0.5, 0.6) is 11.5 Å². The molecule has 0 radical (unpaired) electrons. The van der Waals surface area contributed by atoms with E-state index in [1.807, 2.05) is 6.07 Å². The number of rotatable bonds is 6. The van der Waals surface area contributed by atoms with Crippen LogP contribution in [-0.4, -0.2) is 30.3 Å². The molecule has 3 aromatic rings. The standard InChI is InChI=1S/C19H17FN4O3/c1-26-15-8-7-14(11-16(15)27-2)21-17-9-10-18(24-23-17)22-19(25)12-3-5-13(20)6-4-12/h3-11H,1-2H3,(H,21,23)(H,22,24,25). The minimum atomic E-state index is -0.406. The fourth-order valence-corrected chi connectivity index (χ4v) is 2.32. The molecule has 0 aliphatic carbocycles. The predicted molar refractivity (Wildman–Crippen MR) is 99.2 cm³/mol. The number of nitrogens with zero attached hydrogens (tertiary/aromatic N) is 2. The Kier molecular flexibility index (Phi) is 5.46. The second-order valence-corrected chi connectivity index (χ2v) is 5.46. The number of hydrogen-bond donors (Lipinski definition) is 2. The smallest absolute Gasteiger partial charge is 0.256 e. The Labute approximate surface area is 155 Å². The van der Waals surface area contributed by atoms with Gasteiger partial charge in [0, 0.05) is 17.3 Å². The molecule has 2 N–H and O–H groups in total. The predicted octanol–water partition coefficient (Wildman–Crippen LogP) is 3.63. The van der Waals surface area contributed by atoms with Crippen LogP contribution >= 0.6 is 0 Å². The summed E-state index contributed by atoms with van der Waals surface area (Å²) in [5.74, 6) is 1.16. The number of carbonyl (C=O) groups is 1. The zero-order valence-corrected chi connectivity index (χ0v) is 14.7. The first-order valence-electron chi connectivity index (χ1n) is 7.99. The molecule has 8 heteroatoms. The maximum Gasteiger partial charge on any atom is 0.256 e. The van der Waals surface area contributed by atoms with Crippen LogP contribution in [0.4, 0.5) is 21.7 Å². The molecular weight excluding hydrogens is 351 g/mol. The van der Waals surface area contributed by atoms with Gasteiger partial charge in [0.2, 0.25) is 0 Å². The summed E-state index contributed by atoms with van der Waals surface area (Å²) in [7, 11) is 3.12. The van der Waals surface area contributed by atoms with E-state index >= 15 is 0 Å². The third-order valence-corrected chi connectivity index (χ3v) is 3.67. The van der Waals surface area contributed by atoms with E-state index in [1.165, 1.54) is 24.3 Å². The first-order valence-corrected chi connectivity index (χ1v) is 7.99. The van der Waals surface area contributed by atoms with E-state index in [2.05, 4.69) is 20.8 Å². The topological polar surface area (TPSA) is 85.4 Å². The molecule has 3 rings (SSSR count). The van der Waals surface area contributed by atoms with Crippen molar-refractivity contribution in [3.05, 3.63) is 66.0 Å². The van der Waals surface area contributed by atoms with Gasteiger partial charge in [-0.3, -0.25) is 4.79 Å². The number of nitrogens with one attached hydrogen (secondary N) is 2. The van der Waals surface area contributed by atoms with Crippen molar-refractivity contribution in [3.63, 3.8) is 0 Å². The van der Waals surface area contributed by atoms with Gasteiger partial charge in [-0.15, -0.1) is 10.2 Å². The third kappa shape index (κ3) is 4.49. The number of halogens is 1. The van der Waals surface area contributed by atoms with Gasteiger partial charge in [-0.1, -0.05) is 0 Å².